The van der Waals surface area contributed by atoms with Gasteiger partial charge in [-0.2, -0.15) is 0 Å². The van der Waals surface area contributed by atoms with Gasteiger partial charge in [0.1, 0.15) is 11.5 Å². The van der Waals surface area contributed by atoms with Crippen molar-refractivity contribution in [2.24, 2.45) is 5.16 Å². The molecule has 2 rings (SSSR count). The first-order valence-corrected chi connectivity index (χ1v) is 6.86. The van der Waals surface area contributed by atoms with Crippen molar-refractivity contribution in [3.05, 3.63) is 59.7 Å². The molecule has 2 aromatic rings. The van der Waals surface area contributed by atoms with Gasteiger partial charge in [-0.1, -0.05) is 24.2 Å². The first kappa shape index (κ1) is 15.6. The third-order valence-corrected chi connectivity index (χ3v) is 3.11. The van der Waals surface area contributed by atoms with Crippen molar-refractivity contribution in [2.75, 3.05) is 7.11 Å². The molecule has 0 aliphatic heterocycles. The number of rotatable bonds is 5. The SMILES string of the molecule is CC/C(=N/OC(=O)c1ccc(OC)cc1)c1ccccc1O. The van der Waals surface area contributed by atoms with Crippen LogP contribution in [0.15, 0.2) is 53.7 Å². The number of methoxy groups -OCH3 is 1. The van der Waals surface area contributed by atoms with Crippen molar-refractivity contribution < 1.29 is 19.5 Å². The summed E-state index contributed by atoms with van der Waals surface area (Å²) in [6, 6.07) is 13.3. The molecule has 5 heteroatoms. The van der Waals surface area contributed by atoms with E-state index >= 15 is 0 Å². The van der Waals surface area contributed by atoms with Gasteiger partial charge in [0.15, 0.2) is 0 Å². The molecule has 0 fully saturated rings. The number of phenolic OH excluding ortho intramolecular Hbond substituents is 1. The zero-order valence-corrected chi connectivity index (χ0v) is 12.4. The molecular weight excluding hydrogens is 282 g/mol. The van der Waals surface area contributed by atoms with Gasteiger partial charge < -0.3 is 14.7 Å². The van der Waals surface area contributed by atoms with Gasteiger partial charge in [0.05, 0.1) is 18.4 Å². The monoisotopic (exact) mass is 299 g/mol. The van der Waals surface area contributed by atoms with Crippen molar-refractivity contribution in [3.8, 4) is 11.5 Å². The average Bonchev–Trinajstić information content (AvgIpc) is 2.56. The van der Waals surface area contributed by atoms with Gasteiger partial charge in [0.2, 0.25) is 0 Å². The number of carbonyl (C=O) groups is 1. The Morgan fingerprint density at radius 1 is 1.14 bits per heavy atom. The summed E-state index contributed by atoms with van der Waals surface area (Å²) in [7, 11) is 1.55. The van der Waals surface area contributed by atoms with E-state index in [1.165, 1.54) is 0 Å². The normalized spacial score (nSPS) is 11.1. The fourth-order valence-corrected chi connectivity index (χ4v) is 1.90. The summed E-state index contributed by atoms with van der Waals surface area (Å²) in [6.45, 7) is 1.87. The van der Waals surface area contributed by atoms with Gasteiger partial charge in [-0.25, -0.2) is 4.79 Å². The van der Waals surface area contributed by atoms with Crippen molar-refractivity contribution in [1.82, 2.24) is 0 Å². The molecule has 0 heterocycles. The predicted molar refractivity (Wildman–Crippen MR) is 83.3 cm³/mol. The van der Waals surface area contributed by atoms with Gasteiger partial charge >= 0.3 is 5.97 Å². The molecule has 0 atom stereocenters. The first-order chi connectivity index (χ1) is 10.7. The summed E-state index contributed by atoms with van der Waals surface area (Å²) < 4.78 is 5.03. The molecule has 0 aliphatic carbocycles. The number of aromatic hydroxyl groups is 1. The van der Waals surface area contributed by atoms with E-state index in [-0.39, 0.29) is 5.75 Å². The highest BCUT2D eigenvalue weighted by Crippen LogP contribution is 2.18. The topological polar surface area (TPSA) is 68.1 Å². The highest BCUT2D eigenvalue weighted by atomic mass is 16.7. The summed E-state index contributed by atoms with van der Waals surface area (Å²) >= 11 is 0. The third kappa shape index (κ3) is 3.63. The molecule has 0 aliphatic rings. The highest BCUT2D eigenvalue weighted by Gasteiger charge is 2.11. The molecule has 0 saturated carbocycles. The quantitative estimate of drug-likeness (QED) is 0.522. The van der Waals surface area contributed by atoms with Crippen LogP contribution in [0.2, 0.25) is 0 Å². The zero-order valence-electron chi connectivity index (χ0n) is 12.4. The Morgan fingerprint density at radius 2 is 1.82 bits per heavy atom. The van der Waals surface area contributed by atoms with Crippen molar-refractivity contribution in [1.29, 1.82) is 0 Å². The minimum Gasteiger partial charge on any atom is -0.507 e. The van der Waals surface area contributed by atoms with Gasteiger partial charge in [0.25, 0.3) is 0 Å². The lowest BCUT2D eigenvalue weighted by Crippen LogP contribution is -2.06. The van der Waals surface area contributed by atoms with Gasteiger partial charge in [-0.15, -0.1) is 0 Å². The Hall–Kier alpha value is -2.82. The van der Waals surface area contributed by atoms with Crippen LogP contribution in [-0.4, -0.2) is 23.9 Å². The number of hydrogen-bond donors (Lipinski definition) is 1. The molecule has 5 nitrogen and oxygen atoms in total. The fraction of sp³-hybridized carbons (Fsp3) is 0.176. The molecule has 22 heavy (non-hydrogen) atoms. The molecule has 0 aromatic heterocycles. The lowest BCUT2D eigenvalue weighted by atomic mass is 10.1. The largest absolute Gasteiger partial charge is 0.507 e. The van der Waals surface area contributed by atoms with E-state index in [9.17, 15) is 9.90 Å². The zero-order chi connectivity index (χ0) is 15.9. The average molecular weight is 299 g/mol. The van der Waals surface area contributed by atoms with Crippen LogP contribution in [0, 0.1) is 0 Å². The van der Waals surface area contributed by atoms with E-state index in [1.54, 1.807) is 55.6 Å². The second-order valence-electron chi connectivity index (χ2n) is 4.52. The van der Waals surface area contributed by atoms with Crippen LogP contribution in [0.5, 0.6) is 11.5 Å². The molecule has 2 aromatic carbocycles. The molecule has 1 N–H and O–H groups in total. The summed E-state index contributed by atoms with van der Waals surface area (Å²) in [5.41, 5.74) is 1.42. The maximum atomic E-state index is 11.9. The number of oxime groups is 1. The summed E-state index contributed by atoms with van der Waals surface area (Å²) in [4.78, 5) is 16.9. The maximum absolute atomic E-state index is 11.9. The van der Waals surface area contributed by atoms with Gasteiger partial charge in [-0.05, 0) is 42.8 Å². The van der Waals surface area contributed by atoms with Crippen LogP contribution in [0.25, 0.3) is 0 Å². The molecule has 0 bridgehead atoms. The van der Waals surface area contributed by atoms with E-state index in [1.807, 2.05) is 6.92 Å². The van der Waals surface area contributed by atoms with E-state index in [0.717, 1.165) is 0 Å². The number of benzene rings is 2. The minimum atomic E-state index is -0.566. The van der Waals surface area contributed by atoms with E-state index in [4.69, 9.17) is 9.57 Å². The van der Waals surface area contributed by atoms with E-state index in [0.29, 0.717) is 29.0 Å². The van der Waals surface area contributed by atoms with E-state index in [2.05, 4.69) is 5.16 Å². The Morgan fingerprint density at radius 3 is 2.41 bits per heavy atom. The van der Waals surface area contributed by atoms with Crippen molar-refractivity contribution >= 4 is 11.7 Å². The van der Waals surface area contributed by atoms with Crippen molar-refractivity contribution in [2.45, 2.75) is 13.3 Å². The van der Waals surface area contributed by atoms with Crippen LogP contribution in [-0.2, 0) is 4.84 Å². The maximum Gasteiger partial charge on any atom is 0.365 e. The van der Waals surface area contributed by atoms with Crippen LogP contribution >= 0.6 is 0 Å². The lowest BCUT2D eigenvalue weighted by Gasteiger charge is -2.06. The van der Waals surface area contributed by atoms with E-state index < -0.39 is 5.97 Å². The molecule has 0 amide bonds. The second kappa shape index (κ2) is 7.26. The Kier molecular flexibility index (Phi) is 5.14. The number of nitrogens with zero attached hydrogens (tertiary/aromatic N) is 1. The highest BCUT2D eigenvalue weighted by molar-refractivity contribution is 6.02. The van der Waals surface area contributed by atoms with Crippen LogP contribution in [0.1, 0.15) is 29.3 Å². The molecule has 0 unspecified atom stereocenters. The van der Waals surface area contributed by atoms with Gasteiger partial charge in [-0.3, -0.25) is 0 Å². The van der Waals surface area contributed by atoms with Gasteiger partial charge in [0, 0.05) is 5.56 Å². The summed E-state index contributed by atoms with van der Waals surface area (Å²) in [6.07, 6.45) is 0.521. The fourth-order valence-electron chi connectivity index (χ4n) is 1.90. The number of para-hydroxylation sites is 1. The van der Waals surface area contributed by atoms with Crippen LogP contribution < -0.4 is 4.74 Å². The number of hydrogen-bond acceptors (Lipinski definition) is 5. The lowest BCUT2D eigenvalue weighted by molar-refractivity contribution is 0.0515. The smallest absolute Gasteiger partial charge is 0.365 e. The Balaban J connectivity index is 2.14. The van der Waals surface area contributed by atoms with Crippen LogP contribution in [0.3, 0.4) is 0 Å². The summed E-state index contributed by atoms with van der Waals surface area (Å²) in [5.74, 6) is 0.191. The molecule has 0 radical (unpaired) electrons. The Bertz CT molecular complexity index is 677. The predicted octanol–water partition coefficient (Wildman–Crippen LogP) is 3.37. The molecule has 0 saturated heterocycles. The third-order valence-electron chi connectivity index (χ3n) is 3.11. The minimum absolute atomic E-state index is 0.101. The number of ether oxygens (including phenoxy) is 1. The van der Waals surface area contributed by atoms with Crippen molar-refractivity contribution in [3.63, 3.8) is 0 Å². The standard InChI is InChI=1S/C17H17NO4/c1-3-15(14-6-4-5-7-16(14)19)18-22-17(20)12-8-10-13(21-2)11-9-12/h4-11,19H,3H2,1-2H3/b18-15-. The number of carbonyl (C=O) groups excluding carboxylic acids is 1. The second-order valence-corrected chi connectivity index (χ2v) is 4.52. The summed E-state index contributed by atoms with van der Waals surface area (Å²) in [5, 5.41) is 13.7. The molecular formula is C17H17NO4. The molecule has 0 spiro atoms. The number of phenols is 1. The molecule has 114 valence electrons. The first-order valence-electron chi connectivity index (χ1n) is 6.86. The van der Waals surface area contributed by atoms with Crippen LogP contribution in [0.4, 0.5) is 0 Å². The Labute approximate surface area is 128 Å².